The minimum absolute atomic E-state index is 0.106. The molecule has 0 fully saturated rings. The van der Waals surface area contributed by atoms with Gasteiger partial charge in [-0.3, -0.25) is 4.79 Å². The molecule has 0 atom stereocenters. The van der Waals surface area contributed by atoms with E-state index in [1.807, 2.05) is 30.3 Å². The maximum Gasteiger partial charge on any atom is 0.329 e. The largest absolute Gasteiger partial charge is 0.489 e. The molecular formula is C16H17NO6. The first-order valence-electron chi connectivity index (χ1n) is 6.99. The van der Waals surface area contributed by atoms with Crippen molar-refractivity contribution in [3.05, 3.63) is 54.0 Å². The van der Waals surface area contributed by atoms with Crippen molar-refractivity contribution in [1.29, 1.82) is 0 Å². The number of nitrogens with one attached hydrogen (secondary N) is 1. The highest BCUT2D eigenvalue weighted by Crippen LogP contribution is 2.15. The summed E-state index contributed by atoms with van der Waals surface area (Å²) in [5.41, 5.74) is 0.623. The Morgan fingerprint density at radius 1 is 1.17 bits per heavy atom. The van der Waals surface area contributed by atoms with Crippen LogP contribution in [0.15, 0.2) is 47.1 Å². The Labute approximate surface area is 132 Å². The van der Waals surface area contributed by atoms with Crippen LogP contribution in [0.2, 0.25) is 0 Å². The van der Waals surface area contributed by atoms with Crippen molar-refractivity contribution in [2.45, 2.75) is 6.61 Å². The lowest BCUT2D eigenvalue weighted by atomic mass is 10.2. The third kappa shape index (κ3) is 5.48. The number of benzene rings is 1. The van der Waals surface area contributed by atoms with Crippen LogP contribution in [-0.2, 0) is 16.1 Å². The molecular weight excluding hydrogens is 302 g/mol. The normalized spacial score (nSPS) is 10.3. The molecule has 7 nitrogen and oxygen atoms in total. The van der Waals surface area contributed by atoms with Gasteiger partial charge in [-0.15, -0.1) is 0 Å². The van der Waals surface area contributed by atoms with E-state index in [0.717, 1.165) is 0 Å². The van der Waals surface area contributed by atoms with E-state index in [1.165, 1.54) is 6.26 Å². The Balaban J connectivity index is 1.80. The van der Waals surface area contributed by atoms with E-state index in [1.54, 1.807) is 6.07 Å². The number of para-hydroxylation sites is 1. The molecule has 0 radical (unpaired) electrons. The molecule has 1 aromatic carbocycles. The van der Waals surface area contributed by atoms with Crippen LogP contribution in [0.1, 0.15) is 16.1 Å². The molecule has 0 spiro atoms. The maximum absolute atomic E-state index is 12.0. The molecule has 0 unspecified atom stereocenters. The zero-order chi connectivity index (χ0) is 16.5. The van der Waals surface area contributed by atoms with Gasteiger partial charge in [0.2, 0.25) is 0 Å². The minimum atomic E-state index is -1.05. The maximum atomic E-state index is 12.0. The summed E-state index contributed by atoms with van der Waals surface area (Å²) in [5, 5.41) is 11.0. The van der Waals surface area contributed by atoms with Gasteiger partial charge in [0.25, 0.3) is 5.91 Å². The van der Waals surface area contributed by atoms with E-state index in [0.29, 0.717) is 11.3 Å². The van der Waals surface area contributed by atoms with Gasteiger partial charge >= 0.3 is 5.97 Å². The number of hydrogen-bond acceptors (Lipinski definition) is 5. The fraction of sp³-hybridized carbons (Fsp3) is 0.250. The molecule has 23 heavy (non-hydrogen) atoms. The number of aliphatic carboxylic acids is 1. The van der Waals surface area contributed by atoms with Gasteiger partial charge in [0.1, 0.15) is 19.0 Å². The molecule has 0 aliphatic rings. The second-order valence-electron chi connectivity index (χ2n) is 4.58. The van der Waals surface area contributed by atoms with E-state index < -0.39 is 18.5 Å². The van der Waals surface area contributed by atoms with Gasteiger partial charge < -0.3 is 24.3 Å². The van der Waals surface area contributed by atoms with Gasteiger partial charge in [0, 0.05) is 12.1 Å². The predicted molar refractivity (Wildman–Crippen MR) is 80.3 cm³/mol. The summed E-state index contributed by atoms with van der Waals surface area (Å²) in [6.07, 6.45) is 1.42. The Bertz CT molecular complexity index is 637. The number of carboxylic acids is 1. The van der Waals surface area contributed by atoms with Crippen LogP contribution in [0.5, 0.6) is 5.75 Å². The quantitative estimate of drug-likeness (QED) is 0.683. The highest BCUT2D eigenvalue weighted by molar-refractivity contribution is 5.92. The molecule has 7 heteroatoms. The Morgan fingerprint density at radius 3 is 2.70 bits per heavy atom. The van der Waals surface area contributed by atoms with Gasteiger partial charge in [0.05, 0.1) is 12.9 Å². The third-order valence-electron chi connectivity index (χ3n) is 2.85. The first-order valence-corrected chi connectivity index (χ1v) is 6.99. The second kappa shape index (κ2) is 8.60. The highest BCUT2D eigenvalue weighted by atomic mass is 16.5. The summed E-state index contributed by atoms with van der Waals surface area (Å²) in [6, 6.07) is 10.9. The zero-order valence-electron chi connectivity index (χ0n) is 12.4. The van der Waals surface area contributed by atoms with Gasteiger partial charge in [-0.25, -0.2) is 4.79 Å². The average molecular weight is 319 g/mol. The molecule has 1 aromatic heterocycles. The van der Waals surface area contributed by atoms with E-state index >= 15 is 0 Å². The smallest absolute Gasteiger partial charge is 0.329 e. The molecule has 0 saturated carbocycles. The van der Waals surface area contributed by atoms with Crippen molar-refractivity contribution in [2.24, 2.45) is 0 Å². The summed E-state index contributed by atoms with van der Waals surface area (Å²) in [4.78, 5) is 22.3. The lowest BCUT2D eigenvalue weighted by molar-refractivity contribution is -0.142. The summed E-state index contributed by atoms with van der Waals surface area (Å²) < 4.78 is 15.6. The summed E-state index contributed by atoms with van der Waals surface area (Å²) in [7, 11) is 0. The molecule has 1 heterocycles. The zero-order valence-corrected chi connectivity index (χ0v) is 12.4. The van der Waals surface area contributed by atoms with Gasteiger partial charge in [-0.05, 0) is 18.2 Å². The monoisotopic (exact) mass is 319 g/mol. The number of hydrogen-bond donors (Lipinski definition) is 2. The lowest BCUT2D eigenvalue weighted by Crippen LogP contribution is -2.28. The van der Waals surface area contributed by atoms with Crippen LogP contribution in [0.4, 0.5) is 0 Å². The van der Waals surface area contributed by atoms with Crippen molar-refractivity contribution in [3.8, 4) is 5.75 Å². The number of amides is 1. The van der Waals surface area contributed by atoms with Gasteiger partial charge in [0.15, 0.2) is 5.76 Å². The van der Waals surface area contributed by atoms with Crippen LogP contribution < -0.4 is 10.1 Å². The van der Waals surface area contributed by atoms with Crippen LogP contribution in [0, 0.1) is 0 Å². The van der Waals surface area contributed by atoms with Crippen LogP contribution in [-0.4, -0.2) is 36.7 Å². The number of furan rings is 1. The lowest BCUT2D eigenvalue weighted by Gasteiger charge is -2.07. The van der Waals surface area contributed by atoms with E-state index in [9.17, 15) is 9.59 Å². The molecule has 2 aromatic rings. The van der Waals surface area contributed by atoms with Crippen LogP contribution in [0.3, 0.4) is 0 Å². The van der Waals surface area contributed by atoms with Gasteiger partial charge in [-0.2, -0.15) is 0 Å². The molecule has 122 valence electrons. The molecule has 2 N–H and O–H groups in total. The molecule has 2 rings (SSSR count). The van der Waals surface area contributed by atoms with Crippen LogP contribution in [0.25, 0.3) is 0 Å². The first-order chi connectivity index (χ1) is 11.2. The van der Waals surface area contributed by atoms with Crippen molar-refractivity contribution in [2.75, 3.05) is 19.8 Å². The van der Waals surface area contributed by atoms with Crippen LogP contribution >= 0.6 is 0 Å². The van der Waals surface area contributed by atoms with Crippen molar-refractivity contribution in [1.82, 2.24) is 5.32 Å². The number of carboxylic acid groups (broad SMARTS) is 1. The molecule has 1 amide bonds. The number of carbonyl (C=O) groups is 2. The van der Waals surface area contributed by atoms with Gasteiger partial charge in [-0.1, -0.05) is 18.2 Å². The number of carbonyl (C=O) groups excluding carboxylic acids is 1. The number of ether oxygens (including phenoxy) is 2. The Morgan fingerprint density at radius 2 is 1.96 bits per heavy atom. The fourth-order valence-electron chi connectivity index (χ4n) is 1.80. The summed E-state index contributed by atoms with van der Waals surface area (Å²) >= 11 is 0. The van der Waals surface area contributed by atoms with E-state index in [2.05, 4.69) is 5.32 Å². The minimum Gasteiger partial charge on any atom is -0.489 e. The third-order valence-corrected chi connectivity index (χ3v) is 2.85. The van der Waals surface area contributed by atoms with Crippen molar-refractivity contribution < 1.29 is 28.6 Å². The first kappa shape index (κ1) is 16.6. The SMILES string of the molecule is O=C(O)COCCNC(=O)c1occc1COc1ccccc1. The predicted octanol–water partition coefficient (Wildman–Crippen LogP) is 1.69. The summed E-state index contributed by atoms with van der Waals surface area (Å²) in [6.45, 7) is 0.103. The molecule has 0 bridgehead atoms. The number of rotatable bonds is 9. The van der Waals surface area contributed by atoms with E-state index in [-0.39, 0.29) is 25.5 Å². The topological polar surface area (TPSA) is 98.0 Å². The standard InChI is InChI=1S/C16H17NO6/c18-14(19)11-21-9-7-17-16(20)15-12(6-8-22-15)10-23-13-4-2-1-3-5-13/h1-6,8H,7,9-11H2,(H,17,20)(H,18,19). The Hall–Kier alpha value is -2.80. The molecule has 0 saturated heterocycles. The molecule has 0 aliphatic carbocycles. The van der Waals surface area contributed by atoms with Crippen molar-refractivity contribution in [3.63, 3.8) is 0 Å². The molecule has 0 aliphatic heterocycles. The second-order valence-corrected chi connectivity index (χ2v) is 4.58. The Kier molecular flexibility index (Phi) is 6.19. The average Bonchev–Trinajstić information content (AvgIpc) is 3.02. The highest BCUT2D eigenvalue weighted by Gasteiger charge is 2.15. The fourth-order valence-corrected chi connectivity index (χ4v) is 1.80. The van der Waals surface area contributed by atoms with Crippen molar-refractivity contribution >= 4 is 11.9 Å². The van der Waals surface area contributed by atoms with E-state index in [4.69, 9.17) is 19.0 Å². The summed E-state index contributed by atoms with van der Waals surface area (Å²) in [5.74, 6) is -0.593.